The first-order chi connectivity index (χ1) is 11.9. The Labute approximate surface area is 147 Å². The molecule has 1 amide bonds. The molecule has 0 aliphatic rings. The lowest BCUT2D eigenvalue weighted by molar-refractivity contribution is -0.116. The van der Waals surface area contributed by atoms with Crippen LogP contribution in [0.1, 0.15) is 38.4 Å². The number of carbonyl (C=O) groups excluding carboxylic acids is 1. The number of amides is 1. The van der Waals surface area contributed by atoms with Crippen molar-refractivity contribution in [3.63, 3.8) is 0 Å². The molecule has 2 aromatic rings. The van der Waals surface area contributed by atoms with Crippen molar-refractivity contribution >= 4 is 27.3 Å². The maximum atomic E-state index is 11.9. The third kappa shape index (κ3) is 6.18. The Kier molecular flexibility index (Phi) is 6.51. The van der Waals surface area contributed by atoms with Gasteiger partial charge in [0.15, 0.2) is 5.82 Å². The molecule has 0 saturated heterocycles. The smallest absolute Gasteiger partial charge is 0.232 e. The molecule has 0 aliphatic heterocycles. The summed E-state index contributed by atoms with van der Waals surface area (Å²) in [5.41, 5.74) is 1.07. The highest BCUT2D eigenvalue weighted by Crippen LogP contribution is 2.15. The fraction of sp³-hybridized carbons (Fsp3) is 0.438. The van der Waals surface area contributed by atoms with Gasteiger partial charge >= 0.3 is 0 Å². The van der Waals surface area contributed by atoms with E-state index in [0.717, 1.165) is 0 Å². The second-order valence-corrected chi connectivity index (χ2v) is 7.45. The number of nitrogens with zero attached hydrogens (tertiary/aromatic N) is 2. The summed E-state index contributed by atoms with van der Waals surface area (Å²) in [6.45, 7) is 3.51. The Morgan fingerprint density at radius 1 is 1.16 bits per heavy atom. The molecule has 0 spiro atoms. The van der Waals surface area contributed by atoms with Gasteiger partial charge in [-0.15, -0.1) is 0 Å². The molecule has 1 aromatic heterocycles. The summed E-state index contributed by atoms with van der Waals surface area (Å²) in [6, 6.07) is 6.51. The average molecular weight is 366 g/mol. The molecular weight excluding hydrogens is 344 g/mol. The molecule has 0 saturated carbocycles. The Morgan fingerprint density at radius 3 is 2.44 bits per heavy atom. The standard InChI is InChI=1S/C16H22N4O4S/c1-3-14-18-16(24-19-14)7-5-6-15(21)17-12-8-10-13(11-9-12)20-25(22,23)4-2/h8-11,20H,3-7H2,1-2H3,(H,17,21). The monoisotopic (exact) mass is 366 g/mol. The van der Waals surface area contributed by atoms with Crippen molar-refractivity contribution in [3.8, 4) is 0 Å². The van der Waals surface area contributed by atoms with Gasteiger partial charge in [-0.1, -0.05) is 12.1 Å². The molecule has 0 radical (unpaired) electrons. The van der Waals surface area contributed by atoms with Crippen LogP contribution in [0.3, 0.4) is 0 Å². The van der Waals surface area contributed by atoms with E-state index in [-0.39, 0.29) is 11.7 Å². The lowest BCUT2D eigenvalue weighted by Gasteiger charge is -2.08. The van der Waals surface area contributed by atoms with Crippen LogP contribution in [0.15, 0.2) is 28.8 Å². The lowest BCUT2D eigenvalue weighted by atomic mass is 10.2. The number of aryl methyl sites for hydroxylation is 2. The largest absolute Gasteiger partial charge is 0.339 e. The number of hydrogen-bond acceptors (Lipinski definition) is 6. The molecule has 9 heteroatoms. The topological polar surface area (TPSA) is 114 Å². The van der Waals surface area contributed by atoms with E-state index in [1.807, 2.05) is 6.92 Å². The van der Waals surface area contributed by atoms with Crippen LogP contribution in [-0.2, 0) is 27.7 Å². The van der Waals surface area contributed by atoms with Crippen LogP contribution < -0.4 is 10.0 Å². The number of sulfonamides is 1. The minimum Gasteiger partial charge on any atom is -0.339 e. The molecule has 8 nitrogen and oxygen atoms in total. The van der Waals surface area contributed by atoms with Gasteiger partial charge in [-0.25, -0.2) is 8.42 Å². The molecule has 1 heterocycles. The van der Waals surface area contributed by atoms with Gasteiger partial charge in [-0.2, -0.15) is 4.98 Å². The first kappa shape index (κ1) is 18.9. The summed E-state index contributed by atoms with van der Waals surface area (Å²) < 4.78 is 30.5. The van der Waals surface area contributed by atoms with Crippen molar-refractivity contribution in [1.29, 1.82) is 0 Å². The van der Waals surface area contributed by atoms with Crippen molar-refractivity contribution in [2.24, 2.45) is 0 Å². The van der Waals surface area contributed by atoms with E-state index in [4.69, 9.17) is 4.52 Å². The predicted octanol–water partition coefficient (Wildman–Crippen LogP) is 2.36. The highest BCUT2D eigenvalue weighted by Gasteiger charge is 2.09. The van der Waals surface area contributed by atoms with E-state index in [2.05, 4.69) is 20.2 Å². The average Bonchev–Trinajstić information content (AvgIpc) is 3.04. The highest BCUT2D eigenvalue weighted by molar-refractivity contribution is 7.92. The molecular formula is C16H22N4O4S. The molecule has 0 aliphatic carbocycles. The maximum Gasteiger partial charge on any atom is 0.232 e. The summed E-state index contributed by atoms with van der Waals surface area (Å²) in [7, 11) is -3.30. The number of rotatable bonds is 9. The summed E-state index contributed by atoms with van der Waals surface area (Å²) in [5.74, 6) is 1.08. The van der Waals surface area contributed by atoms with Crippen molar-refractivity contribution in [2.45, 2.75) is 39.5 Å². The van der Waals surface area contributed by atoms with Gasteiger partial charge in [-0.05, 0) is 37.6 Å². The lowest BCUT2D eigenvalue weighted by Crippen LogP contribution is -2.15. The molecule has 136 valence electrons. The van der Waals surface area contributed by atoms with E-state index in [1.165, 1.54) is 0 Å². The number of benzene rings is 1. The maximum absolute atomic E-state index is 11.9. The molecule has 0 bridgehead atoms. The zero-order valence-electron chi connectivity index (χ0n) is 14.3. The molecule has 0 atom stereocenters. The molecule has 2 rings (SSSR count). The fourth-order valence-corrected chi connectivity index (χ4v) is 2.67. The Hall–Kier alpha value is -2.42. The Balaban J connectivity index is 1.78. The van der Waals surface area contributed by atoms with Crippen LogP contribution in [-0.4, -0.2) is 30.2 Å². The van der Waals surface area contributed by atoms with E-state index >= 15 is 0 Å². The van der Waals surface area contributed by atoms with E-state index in [0.29, 0.717) is 48.8 Å². The number of aromatic nitrogens is 2. The normalized spacial score (nSPS) is 11.3. The number of hydrogen-bond donors (Lipinski definition) is 2. The van der Waals surface area contributed by atoms with Crippen LogP contribution in [0.5, 0.6) is 0 Å². The van der Waals surface area contributed by atoms with Gasteiger partial charge < -0.3 is 9.84 Å². The fourth-order valence-electron chi connectivity index (χ4n) is 2.03. The van der Waals surface area contributed by atoms with Gasteiger partial charge in [0.2, 0.25) is 21.8 Å². The minimum atomic E-state index is -3.30. The highest BCUT2D eigenvalue weighted by atomic mass is 32.2. The van der Waals surface area contributed by atoms with Crippen LogP contribution >= 0.6 is 0 Å². The first-order valence-electron chi connectivity index (χ1n) is 8.13. The third-order valence-corrected chi connectivity index (χ3v) is 4.75. The summed E-state index contributed by atoms with van der Waals surface area (Å²) in [6.07, 6.45) is 2.20. The zero-order valence-corrected chi connectivity index (χ0v) is 15.1. The number of nitrogens with one attached hydrogen (secondary N) is 2. The molecule has 25 heavy (non-hydrogen) atoms. The second kappa shape index (κ2) is 8.61. The summed E-state index contributed by atoms with van der Waals surface area (Å²) in [4.78, 5) is 16.1. The molecule has 0 fully saturated rings. The van der Waals surface area contributed by atoms with Crippen molar-refractivity contribution in [2.75, 3.05) is 15.8 Å². The van der Waals surface area contributed by atoms with Crippen LogP contribution in [0.25, 0.3) is 0 Å². The zero-order chi connectivity index (χ0) is 18.3. The van der Waals surface area contributed by atoms with Crippen LogP contribution in [0.2, 0.25) is 0 Å². The molecule has 0 unspecified atom stereocenters. The Bertz CT molecular complexity index is 800. The van der Waals surface area contributed by atoms with Crippen molar-refractivity contribution in [1.82, 2.24) is 10.1 Å². The van der Waals surface area contributed by atoms with E-state index in [9.17, 15) is 13.2 Å². The van der Waals surface area contributed by atoms with Gasteiger partial charge in [-0.3, -0.25) is 9.52 Å². The van der Waals surface area contributed by atoms with E-state index in [1.54, 1.807) is 31.2 Å². The quantitative estimate of drug-likeness (QED) is 0.704. The number of carbonyl (C=O) groups is 1. The minimum absolute atomic E-state index is 0.00524. The summed E-state index contributed by atoms with van der Waals surface area (Å²) in [5, 5.41) is 6.57. The predicted molar refractivity (Wildman–Crippen MR) is 94.8 cm³/mol. The van der Waals surface area contributed by atoms with Gasteiger partial charge in [0.05, 0.1) is 5.75 Å². The van der Waals surface area contributed by atoms with Crippen molar-refractivity contribution in [3.05, 3.63) is 36.0 Å². The second-order valence-electron chi connectivity index (χ2n) is 5.44. The number of anilines is 2. The molecule has 2 N–H and O–H groups in total. The molecule has 1 aromatic carbocycles. The first-order valence-corrected chi connectivity index (χ1v) is 9.79. The van der Waals surface area contributed by atoms with Crippen LogP contribution in [0, 0.1) is 0 Å². The Morgan fingerprint density at radius 2 is 1.84 bits per heavy atom. The third-order valence-electron chi connectivity index (χ3n) is 3.44. The van der Waals surface area contributed by atoms with E-state index < -0.39 is 10.0 Å². The van der Waals surface area contributed by atoms with Gasteiger partial charge in [0.1, 0.15) is 0 Å². The summed E-state index contributed by atoms with van der Waals surface area (Å²) >= 11 is 0. The van der Waals surface area contributed by atoms with Gasteiger partial charge in [0, 0.05) is 30.6 Å². The van der Waals surface area contributed by atoms with Gasteiger partial charge in [0.25, 0.3) is 0 Å². The van der Waals surface area contributed by atoms with Crippen molar-refractivity contribution < 1.29 is 17.7 Å². The van der Waals surface area contributed by atoms with Crippen LogP contribution in [0.4, 0.5) is 11.4 Å². The SMILES string of the molecule is CCc1noc(CCCC(=O)Nc2ccc(NS(=O)(=O)CC)cc2)n1.